The van der Waals surface area contributed by atoms with Gasteiger partial charge in [-0.3, -0.25) is 0 Å². The van der Waals surface area contributed by atoms with Crippen molar-refractivity contribution in [3.63, 3.8) is 0 Å². The summed E-state index contributed by atoms with van der Waals surface area (Å²) in [5, 5.41) is 0. The summed E-state index contributed by atoms with van der Waals surface area (Å²) in [5.74, 6) is 0. The van der Waals surface area contributed by atoms with Gasteiger partial charge in [-0.05, 0) is 25.7 Å². The van der Waals surface area contributed by atoms with E-state index in [1.54, 1.807) is 0 Å². The third-order valence-corrected chi connectivity index (χ3v) is 1.33. The molecule has 0 radical (unpaired) electrons. The molecule has 0 amide bonds. The molecule has 11 heavy (non-hydrogen) atoms. The van der Waals surface area contributed by atoms with Gasteiger partial charge in [0.25, 0.3) is 0 Å². The van der Waals surface area contributed by atoms with Gasteiger partial charge in [-0.1, -0.05) is 24.3 Å². The van der Waals surface area contributed by atoms with Gasteiger partial charge in [0.05, 0.1) is 0 Å². The van der Waals surface area contributed by atoms with Crippen LogP contribution in [0.1, 0.15) is 25.7 Å². The Bertz CT molecular complexity index is 95.3. The van der Waals surface area contributed by atoms with E-state index in [9.17, 15) is 0 Å². The number of rotatable bonds is 0. The first-order chi connectivity index (χ1) is 5.41. The molecular formula is C8H12Cl2Pd. The van der Waals surface area contributed by atoms with E-state index >= 15 is 0 Å². The fraction of sp³-hybridized carbons (Fsp3) is 0.500. The zero-order valence-electron chi connectivity index (χ0n) is 6.21. The number of allylic oxidation sites excluding steroid dienone is 4. The molecule has 3 heteroatoms. The van der Waals surface area contributed by atoms with Crippen molar-refractivity contribution in [2.45, 2.75) is 25.7 Å². The third kappa shape index (κ3) is 10.7. The molecule has 0 unspecified atom stereocenters. The summed E-state index contributed by atoms with van der Waals surface area (Å²) in [6.07, 6.45) is 14.0. The van der Waals surface area contributed by atoms with E-state index in [4.69, 9.17) is 19.1 Å². The molecule has 0 atom stereocenters. The molecule has 0 saturated heterocycles. The quantitative estimate of drug-likeness (QED) is 0.465. The van der Waals surface area contributed by atoms with Crippen LogP contribution in [0.4, 0.5) is 0 Å². The van der Waals surface area contributed by atoms with Crippen molar-refractivity contribution < 1.29 is 15.9 Å². The third-order valence-electron chi connectivity index (χ3n) is 1.33. The Kier molecular flexibility index (Phi) is 11.4. The number of halogens is 2. The van der Waals surface area contributed by atoms with Crippen LogP contribution in [-0.4, -0.2) is 0 Å². The van der Waals surface area contributed by atoms with Crippen LogP contribution in [0, 0.1) is 0 Å². The van der Waals surface area contributed by atoms with Gasteiger partial charge < -0.3 is 0 Å². The van der Waals surface area contributed by atoms with Crippen molar-refractivity contribution in [1.29, 1.82) is 0 Å². The maximum absolute atomic E-state index is 4.81. The summed E-state index contributed by atoms with van der Waals surface area (Å²) >= 11 is -0.106. The second kappa shape index (κ2) is 10.7. The Morgan fingerprint density at radius 2 is 0.909 bits per heavy atom. The minimum atomic E-state index is -0.106. The van der Waals surface area contributed by atoms with Crippen molar-refractivity contribution >= 4 is 19.1 Å². The second-order valence-corrected chi connectivity index (χ2v) is 4.50. The normalized spacial score (nSPS) is 19.5. The molecule has 1 aliphatic rings. The Labute approximate surface area is 84.8 Å². The van der Waals surface area contributed by atoms with Crippen molar-refractivity contribution in [3.8, 4) is 0 Å². The summed E-state index contributed by atoms with van der Waals surface area (Å²) in [5.41, 5.74) is 0. The van der Waals surface area contributed by atoms with Crippen LogP contribution in [-0.2, 0) is 15.9 Å². The Balaban J connectivity index is 0.000000292. The van der Waals surface area contributed by atoms with Gasteiger partial charge >= 0.3 is 35.0 Å². The molecule has 1 aliphatic carbocycles. The monoisotopic (exact) mass is 284 g/mol. The molecule has 0 N–H and O–H groups in total. The van der Waals surface area contributed by atoms with E-state index in [0.717, 1.165) is 0 Å². The SMILES string of the molecule is C1=CCC/C=C\CC1.[Cl][Pd][Cl]. The first kappa shape index (κ1) is 11.7. The van der Waals surface area contributed by atoms with Crippen LogP contribution in [0.25, 0.3) is 0 Å². The molecule has 0 nitrogen and oxygen atoms in total. The zero-order chi connectivity index (χ0) is 8.36. The van der Waals surface area contributed by atoms with Gasteiger partial charge in [0, 0.05) is 0 Å². The summed E-state index contributed by atoms with van der Waals surface area (Å²) in [6.45, 7) is 0. The molecular weight excluding hydrogens is 273 g/mol. The van der Waals surface area contributed by atoms with E-state index in [-0.39, 0.29) is 15.9 Å². The molecule has 0 heterocycles. The second-order valence-electron chi connectivity index (χ2n) is 2.14. The Morgan fingerprint density at radius 3 is 1.09 bits per heavy atom. The molecule has 1 rings (SSSR count). The van der Waals surface area contributed by atoms with Crippen molar-refractivity contribution in [1.82, 2.24) is 0 Å². The van der Waals surface area contributed by atoms with Crippen LogP contribution >= 0.6 is 19.1 Å². The molecule has 0 aliphatic heterocycles. The van der Waals surface area contributed by atoms with Crippen LogP contribution in [0.3, 0.4) is 0 Å². The van der Waals surface area contributed by atoms with Gasteiger partial charge in [0.1, 0.15) is 0 Å². The molecule has 0 aromatic heterocycles. The first-order valence-electron chi connectivity index (χ1n) is 3.54. The molecule has 68 valence electrons. The van der Waals surface area contributed by atoms with Crippen LogP contribution in [0.15, 0.2) is 24.3 Å². The summed E-state index contributed by atoms with van der Waals surface area (Å²) < 4.78 is 0. The van der Waals surface area contributed by atoms with Crippen molar-refractivity contribution in [2.75, 3.05) is 0 Å². The zero-order valence-corrected chi connectivity index (χ0v) is 9.28. The van der Waals surface area contributed by atoms with Crippen LogP contribution in [0.5, 0.6) is 0 Å². The summed E-state index contributed by atoms with van der Waals surface area (Å²) in [4.78, 5) is 0. The van der Waals surface area contributed by atoms with Gasteiger partial charge in [0.15, 0.2) is 0 Å². The Morgan fingerprint density at radius 1 is 0.727 bits per heavy atom. The maximum atomic E-state index is 4.81. The van der Waals surface area contributed by atoms with Crippen molar-refractivity contribution in [3.05, 3.63) is 24.3 Å². The van der Waals surface area contributed by atoms with E-state index < -0.39 is 0 Å². The van der Waals surface area contributed by atoms with Gasteiger partial charge in [0.2, 0.25) is 0 Å². The van der Waals surface area contributed by atoms with Gasteiger partial charge in [-0.15, -0.1) is 0 Å². The average molecular weight is 286 g/mol. The van der Waals surface area contributed by atoms with E-state index in [0.29, 0.717) is 0 Å². The molecule has 0 spiro atoms. The predicted molar refractivity (Wildman–Crippen MR) is 48.5 cm³/mol. The van der Waals surface area contributed by atoms with E-state index in [1.807, 2.05) is 0 Å². The van der Waals surface area contributed by atoms with E-state index in [2.05, 4.69) is 24.3 Å². The molecule has 0 saturated carbocycles. The first-order valence-corrected chi connectivity index (χ1v) is 7.54. The predicted octanol–water partition coefficient (Wildman–Crippen LogP) is 4.05. The number of hydrogen-bond donors (Lipinski definition) is 0. The van der Waals surface area contributed by atoms with E-state index in [1.165, 1.54) is 25.7 Å². The fourth-order valence-electron chi connectivity index (χ4n) is 0.856. The van der Waals surface area contributed by atoms with Crippen LogP contribution < -0.4 is 0 Å². The minimum absolute atomic E-state index is 0.106. The standard InChI is InChI=1S/C8H12.2ClH.Pd/c1-2-4-6-8-7-5-3-1;;;/h1-2,7-8H,3-6H2;2*1H;/q;;;+2/p-2/b2-1-,8-7?;;;. The number of hydrogen-bond acceptors (Lipinski definition) is 0. The Hall–Kier alpha value is 0.722. The summed E-state index contributed by atoms with van der Waals surface area (Å²) in [6, 6.07) is 0. The van der Waals surface area contributed by atoms with Gasteiger partial charge in [-0.25, -0.2) is 0 Å². The molecule has 0 fully saturated rings. The average Bonchev–Trinajstić information content (AvgIpc) is 1.86. The van der Waals surface area contributed by atoms with Crippen LogP contribution in [0.2, 0.25) is 0 Å². The fourth-order valence-corrected chi connectivity index (χ4v) is 0.856. The molecule has 0 aromatic carbocycles. The summed E-state index contributed by atoms with van der Waals surface area (Å²) in [7, 11) is 9.63. The topological polar surface area (TPSA) is 0 Å². The van der Waals surface area contributed by atoms with Crippen molar-refractivity contribution in [2.24, 2.45) is 0 Å². The van der Waals surface area contributed by atoms with Gasteiger partial charge in [-0.2, -0.15) is 0 Å². The molecule has 0 aromatic rings. The molecule has 0 bridgehead atoms.